The van der Waals surface area contributed by atoms with Crippen LogP contribution in [0, 0.1) is 0 Å². The minimum Gasteiger partial charge on any atom is -0.459 e. The van der Waals surface area contributed by atoms with Crippen molar-refractivity contribution in [2.75, 3.05) is 43.4 Å². The number of nitrogens with zero attached hydrogens (tertiary/aromatic N) is 3. The molecule has 0 unspecified atom stereocenters. The molecule has 2 N–H and O–H groups in total. The number of carbonyl (C=O) groups excluding carboxylic acids is 1. The van der Waals surface area contributed by atoms with Crippen LogP contribution < -0.4 is 15.8 Å². The summed E-state index contributed by atoms with van der Waals surface area (Å²) < 4.78 is 5.27. The Kier molecular flexibility index (Phi) is 5.20. The number of benzene rings is 2. The van der Waals surface area contributed by atoms with Crippen molar-refractivity contribution in [3.8, 4) is 11.3 Å². The number of aromatic nitrogens is 2. The van der Waals surface area contributed by atoms with Crippen molar-refractivity contribution in [2.24, 2.45) is 0 Å². The lowest BCUT2D eigenvalue weighted by atomic mass is 10.0. The van der Waals surface area contributed by atoms with E-state index in [1.165, 1.54) is 6.26 Å². The quantitative estimate of drug-likeness (QED) is 0.517. The summed E-state index contributed by atoms with van der Waals surface area (Å²) in [7, 11) is 2.10. The van der Waals surface area contributed by atoms with E-state index in [0.717, 1.165) is 42.8 Å². The number of anilines is 2. The average molecular weight is 429 g/mol. The van der Waals surface area contributed by atoms with Gasteiger partial charge in [0.1, 0.15) is 0 Å². The maximum Gasteiger partial charge on any atom is 0.291 e. The van der Waals surface area contributed by atoms with Crippen LogP contribution in [0.1, 0.15) is 10.6 Å². The molecule has 2 aromatic carbocycles. The van der Waals surface area contributed by atoms with Crippen molar-refractivity contribution in [3.05, 3.63) is 77.0 Å². The van der Waals surface area contributed by atoms with Gasteiger partial charge >= 0.3 is 0 Å². The highest BCUT2D eigenvalue weighted by atomic mass is 16.3. The smallest absolute Gasteiger partial charge is 0.291 e. The van der Waals surface area contributed by atoms with E-state index in [1.54, 1.807) is 18.2 Å². The molecule has 1 aliphatic rings. The van der Waals surface area contributed by atoms with Crippen molar-refractivity contribution in [3.63, 3.8) is 0 Å². The van der Waals surface area contributed by atoms with E-state index < -0.39 is 0 Å². The van der Waals surface area contributed by atoms with Gasteiger partial charge in [0.2, 0.25) is 0 Å². The SMILES string of the molecule is CN1CCN(c2ccc(-c3n[nH]c(=O)c4ccccc34)cc2NC(=O)c2ccco2)CC1. The molecule has 1 amide bonds. The van der Waals surface area contributed by atoms with E-state index in [-0.39, 0.29) is 17.2 Å². The monoisotopic (exact) mass is 429 g/mol. The molecule has 0 spiro atoms. The van der Waals surface area contributed by atoms with Crippen LogP contribution in [0.4, 0.5) is 11.4 Å². The molecule has 3 heterocycles. The number of hydrogen-bond acceptors (Lipinski definition) is 6. The Morgan fingerprint density at radius 2 is 1.81 bits per heavy atom. The number of H-pyrrole nitrogens is 1. The molecular weight excluding hydrogens is 406 g/mol. The topological polar surface area (TPSA) is 94.5 Å². The van der Waals surface area contributed by atoms with Crippen molar-refractivity contribution in [2.45, 2.75) is 0 Å². The minimum atomic E-state index is -0.318. The summed E-state index contributed by atoms with van der Waals surface area (Å²) in [4.78, 5) is 29.5. The fourth-order valence-corrected chi connectivity index (χ4v) is 4.03. The van der Waals surface area contributed by atoms with Gasteiger partial charge in [0.15, 0.2) is 5.76 Å². The van der Waals surface area contributed by atoms with Crippen LogP contribution >= 0.6 is 0 Å². The third-order valence-electron chi connectivity index (χ3n) is 5.80. The molecule has 1 aliphatic heterocycles. The molecule has 5 rings (SSSR count). The number of rotatable bonds is 4. The number of nitrogens with one attached hydrogen (secondary N) is 2. The van der Waals surface area contributed by atoms with E-state index in [2.05, 4.69) is 32.4 Å². The van der Waals surface area contributed by atoms with Crippen LogP contribution in [0.15, 0.2) is 70.1 Å². The lowest BCUT2D eigenvalue weighted by Gasteiger charge is -2.35. The van der Waals surface area contributed by atoms with Gasteiger partial charge in [0.25, 0.3) is 11.5 Å². The molecule has 0 aliphatic carbocycles. The first-order valence-electron chi connectivity index (χ1n) is 10.5. The molecule has 4 aromatic rings. The van der Waals surface area contributed by atoms with Gasteiger partial charge in [0.05, 0.1) is 28.7 Å². The zero-order valence-electron chi connectivity index (χ0n) is 17.7. The van der Waals surface area contributed by atoms with Crippen LogP contribution in [0.3, 0.4) is 0 Å². The zero-order chi connectivity index (χ0) is 22.1. The number of fused-ring (bicyclic) bond motifs is 1. The fourth-order valence-electron chi connectivity index (χ4n) is 4.03. The fraction of sp³-hybridized carbons (Fsp3) is 0.208. The molecule has 162 valence electrons. The Bertz CT molecular complexity index is 1320. The Balaban J connectivity index is 1.59. The Labute approximate surface area is 184 Å². The number of likely N-dealkylation sites (N-methyl/N-ethyl adjacent to an activating group) is 1. The largest absolute Gasteiger partial charge is 0.459 e. The molecule has 2 aromatic heterocycles. The van der Waals surface area contributed by atoms with Gasteiger partial charge in [-0.2, -0.15) is 5.10 Å². The maximum absolute atomic E-state index is 12.8. The van der Waals surface area contributed by atoms with Crippen molar-refractivity contribution < 1.29 is 9.21 Å². The lowest BCUT2D eigenvalue weighted by Crippen LogP contribution is -2.44. The van der Waals surface area contributed by atoms with E-state index in [1.807, 2.05) is 36.4 Å². The van der Waals surface area contributed by atoms with E-state index in [0.29, 0.717) is 16.8 Å². The van der Waals surface area contributed by atoms with Crippen molar-refractivity contribution >= 4 is 28.1 Å². The molecule has 0 atom stereocenters. The van der Waals surface area contributed by atoms with Crippen LogP contribution in [-0.2, 0) is 0 Å². The second-order valence-corrected chi connectivity index (χ2v) is 7.90. The summed E-state index contributed by atoms with van der Waals surface area (Å²) in [6.07, 6.45) is 1.48. The van der Waals surface area contributed by atoms with Crippen LogP contribution in [-0.4, -0.2) is 54.2 Å². The highest BCUT2D eigenvalue weighted by molar-refractivity contribution is 6.05. The van der Waals surface area contributed by atoms with E-state index in [4.69, 9.17) is 4.42 Å². The third kappa shape index (κ3) is 3.76. The Morgan fingerprint density at radius 3 is 2.56 bits per heavy atom. The van der Waals surface area contributed by atoms with Gasteiger partial charge in [-0.3, -0.25) is 9.59 Å². The molecular formula is C24H23N5O3. The van der Waals surface area contributed by atoms with Gasteiger partial charge < -0.3 is 19.5 Å². The predicted octanol–water partition coefficient (Wildman–Crippen LogP) is 3.19. The molecule has 1 saturated heterocycles. The van der Waals surface area contributed by atoms with Crippen LogP contribution in [0.2, 0.25) is 0 Å². The standard InChI is InChI=1S/C24H23N5O3/c1-28-10-12-29(13-11-28)20-9-8-16(15-19(20)25-24(31)21-7-4-14-32-21)22-17-5-2-3-6-18(17)23(30)27-26-22/h2-9,14-15H,10-13H2,1H3,(H,25,31)(H,27,30). The lowest BCUT2D eigenvalue weighted by molar-refractivity contribution is 0.0996. The van der Waals surface area contributed by atoms with Gasteiger partial charge in [-0.15, -0.1) is 0 Å². The maximum atomic E-state index is 12.8. The predicted molar refractivity (Wildman–Crippen MR) is 124 cm³/mol. The number of aromatic amines is 1. The third-order valence-corrected chi connectivity index (χ3v) is 5.80. The highest BCUT2D eigenvalue weighted by Crippen LogP contribution is 2.34. The molecule has 8 nitrogen and oxygen atoms in total. The van der Waals surface area contributed by atoms with Crippen molar-refractivity contribution in [1.82, 2.24) is 15.1 Å². The first-order chi connectivity index (χ1) is 15.6. The molecule has 0 radical (unpaired) electrons. The summed E-state index contributed by atoms with van der Waals surface area (Å²) in [6, 6.07) is 16.6. The molecule has 1 fully saturated rings. The minimum absolute atomic E-state index is 0.232. The number of furan rings is 1. The summed E-state index contributed by atoms with van der Waals surface area (Å²) >= 11 is 0. The summed E-state index contributed by atoms with van der Waals surface area (Å²) in [6.45, 7) is 3.61. The van der Waals surface area contributed by atoms with Crippen molar-refractivity contribution in [1.29, 1.82) is 0 Å². The van der Waals surface area contributed by atoms with Gasteiger partial charge in [-0.1, -0.05) is 24.3 Å². The second-order valence-electron chi connectivity index (χ2n) is 7.90. The molecule has 0 bridgehead atoms. The summed E-state index contributed by atoms with van der Waals surface area (Å²) in [5, 5.41) is 11.2. The molecule has 8 heteroatoms. The second kappa shape index (κ2) is 8.32. The highest BCUT2D eigenvalue weighted by Gasteiger charge is 2.20. The Morgan fingerprint density at radius 1 is 1.03 bits per heavy atom. The first kappa shape index (κ1) is 20.0. The molecule has 0 saturated carbocycles. The summed E-state index contributed by atoms with van der Waals surface area (Å²) in [5.74, 6) is -0.0749. The number of carbonyl (C=O) groups is 1. The number of amides is 1. The van der Waals surface area contributed by atoms with E-state index >= 15 is 0 Å². The number of piperazine rings is 1. The molecule has 32 heavy (non-hydrogen) atoms. The van der Waals surface area contributed by atoms with E-state index in [9.17, 15) is 9.59 Å². The van der Waals surface area contributed by atoms with Crippen LogP contribution in [0.5, 0.6) is 0 Å². The van der Waals surface area contributed by atoms with Gasteiger partial charge in [-0.25, -0.2) is 5.10 Å². The average Bonchev–Trinajstić information content (AvgIpc) is 3.36. The van der Waals surface area contributed by atoms with Crippen LogP contribution in [0.25, 0.3) is 22.0 Å². The summed E-state index contributed by atoms with van der Waals surface area (Å²) in [5.41, 5.74) is 2.83. The van der Waals surface area contributed by atoms with Gasteiger partial charge in [0, 0.05) is 37.1 Å². The number of hydrogen-bond donors (Lipinski definition) is 2. The zero-order valence-corrected chi connectivity index (χ0v) is 17.7. The normalized spacial score (nSPS) is 14.6. The van der Waals surface area contributed by atoms with Gasteiger partial charge in [-0.05, 0) is 37.4 Å². The first-order valence-corrected chi connectivity index (χ1v) is 10.5. The Hall–Kier alpha value is -3.91.